The molecule has 0 spiro atoms. The van der Waals surface area contributed by atoms with Gasteiger partial charge in [0.25, 0.3) is 0 Å². The van der Waals surface area contributed by atoms with Crippen LogP contribution in [0.15, 0.2) is 27.4 Å². The van der Waals surface area contributed by atoms with E-state index < -0.39 is 0 Å². The van der Waals surface area contributed by atoms with Crippen molar-refractivity contribution in [1.29, 1.82) is 0 Å². The van der Waals surface area contributed by atoms with Crippen LogP contribution in [0.1, 0.15) is 17.5 Å². The first kappa shape index (κ1) is 10.4. The molecule has 0 aliphatic carbocycles. The Labute approximate surface area is 95.6 Å². The van der Waals surface area contributed by atoms with E-state index in [1.807, 2.05) is 26.2 Å². The lowest BCUT2D eigenvalue weighted by atomic mass is 10.1. The van der Waals surface area contributed by atoms with Crippen molar-refractivity contribution in [3.63, 3.8) is 0 Å². The maximum Gasteiger partial charge on any atom is 0.153 e. The molecule has 2 aromatic heterocycles. The van der Waals surface area contributed by atoms with Crippen molar-refractivity contribution < 1.29 is 4.42 Å². The fraction of sp³-hybridized carbons (Fsp3) is 0.333. The average Bonchev–Trinajstić information content (AvgIpc) is 2.83. The molecular weight excluding hydrogens is 260 g/mol. The molecule has 15 heavy (non-hydrogen) atoms. The van der Waals surface area contributed by atoms with Gasteiger partial charge < -0.3 is 9.73 Å². The number of hydrogen-bond acceptors (Lipinski definition) is 4. The molecule has 0 fully saturated rings. The fourth-order valence-electron chi connectivity index (χ4n) is 1.51. The molecule has 2 aromatic rings. The van der Waals surface area contributed by atoms with E-state index in [2.05, 4.69) is 31.6 Å². The minimum absolute atomic E-state index is 0.0469. The summed E-state index contributed by atoms with van der Waals surface area (Å²) in [6.07, 6.45) is 1.65. The Morgan fingerprint density at radius 3 is 2.87 bits per heavy atom. The number of furan rings is 1. The van der Waals surface area contributed by atoms with Gasteiger partial charge >= 0.3 is 0 Å². The van der Waals surface area contributed by atoms with Crippen molar-refractivity contribution >= 4 is 15.9 Å². The van der Waals surface area contributed by atoms with Crippen molar-refractivity contribution in [2.75, 3.05) is 7.05 Å². The third-order valence-corrected chi connectivity index (χ3v) is 2.78. The Morgan fingerprint density at radius 2 is 2.40 bits per heavy atom. The number of aryl methyl sites for hydroxylation is 1. The minimum Gasteiger partial charge on any atom is -0.467 e. The predicted molar refractivity (Wildman–Crippen MR) is 58.3 cm³/mol. The van der Waals surface area contributed by atoms with E-state index in [0.29, 0.717) is 0 Å². The second-order valence-corrected chi connectivity index (χ2v) is 3.88. The summed E-state index contributed by atoms with van der Waals surface area (Å²) in [5.41, 5.74) is 0.937. The summed E-state index contributed by atoms with van der Waals surface area (Å²) in [5.74, 6) is 0.837. The van der Waals surface area contributed by atoms with Crippen molar-refractivity contribution in [2.45, 2.75) is 6.04 Å². The SMILES string of the molecule is CNC(c1ccco1)c1c(Br)nnn1C. The van der Waals surface area contributed by atoms with Crippen molar-refractivity contribution in [3.8, 4) is 0 Å². The van der Waals surface area contributed by atoms with E-state index >= 15 is 0 Å². The van der Waals surface area contributed by atoms with E-state index in [-0.39, 0.29) is 6.04 Å². The van der Waals surface area contributed by atoms with Gasteiger partial charge in [-0.25, -0.2) is 4.68 Å². The van der Waals surface area contributed by atoms with Gasteiger partial charge in [-0.3, -0.25) is 0 Å². The summed E-state index contributed by atoms with van der Waals surface area (Å²) in [6, 6.07) is 3.73. The van der Waals surface area contributed by atoms with Crippen molar-refractivity contribution in [2.24, 2.45) is 7.05 Å². The zero-order valence-electron chi connectivity index (χ0n) is 8.44. The predicted octanol–water partition coefficient (Wildman–Crippen LogP) is 1.48. The summed E-state index contributed by atoms with van der Waals surface area (Å²) in [7, 11) is 3.72. The van der Waals surface area contributed by atoms with Gasteiger partial charge in [0.05, 0.1) is 12.0 Å². The fourth-order valence-corrected chi connectivity index (χ4v) is 2.07. The molecule has 0 radical (unpaired) electrons. The molecular formula is C9H11BrN4O. The molecule has 0 aromatic carbocycles. The molecule has 0 aliphatic rings. The van der Waals surface area contributed by atoms with Crippen LogP contribution in [0.4, 0.5) is 0 Å². The van der Waals surface area contributed by atoms with E-state index in [1.165, 1.54) is 0 Å². The molecule has 1 N–H and O–H groups in total. The Balaban J connectivity index is 2.44. The molecule has 0 amide bonds. The van der Waals surface area contributed by atoms with Gasteiger partial charge in [-0.2, -0.15) is 0 Å². The van der Waals surface area contributed by atoms with Crippen LogP contribution in [0.5, 0.6) is 0 Å². The molecule has 80 valence electrons. The lowest BCUT2D eigenvalue weighted by Crippen LogP contribution is -2.20. The largest absolute Gasteiger partial charge is 0.467 e. The van der Waals surface area contributed by atoms with Crippen molar-refractivity contribution in [1.82, 2.24) is 20.3 Å². The highest BCUT2D eigenvalue weighted by Gasteiger charge is 2.22. The van der Waals surface area contributed by atoms with Crippen LogP contribution >= 0.6 is 15.9 Å². The molecule has 1 atom stereocenters. The topological polar surface area (TPSA) is 55.9 Å². The normalized spacial score (nSPS) is 13.0. The van der Waals surface area contributed by atoms with Crippen LogP contribution in [-0.2, 0) is 7.05 Å². The molecule has 0 bridgehead atoms. The Hall–Kier alpha value is -1.14. The Bertz CT molecular complexity index is 417. The summed E-state index contributed by atoms with van der Waals surface area (Å²) in [4.78, 5) is 0. The van der Waals surface area contributed by atoms with E-state index in [9.17, 15) is 0 Å². The number of nitrogens with one attached hydrogen (secondary N) is 1. The molecule has 0 saturated heterocycles. The first-order valence-corrected chi connectivity index (χ1v) is 5.29. The minimum atomic E-state index is -0.0469. The van der Waals surface area contributed by atoms with Gasteiger partial charge in [-0.1, -0.05) is 5.21 Å². The maximum atomic E-state index is 5.37. The highest BCUT2D eigenvalue weighted by molar-refractivity contribution is 9.10. The molecule has 6 heteroatoms. The number of aromatic nitrogens is 3. The van der Waals surface area contributed by atoms with Gasteiger partial charge in [0.1, 0.15) is 11.8 Å². The van der Waals surface area contributed by atoms with E-state index in [0.717, 1.165) is 16.1 Å². The number of hydrogen-bond donors (Lipinski definition) is 1. The molecule has 2 rings (SSSR count). The molecule has 2 heterocycles. The van der Waals surface area contributed by atoms with Gasteiger partial charge in [-0.05, 0) is 35.1 Å². The van der Waals surface area contributed by atoms with Crippen LogP contribution in [0.2, 0.25) is 0 Å². The third-order valence-electron chi connectivity index (χ3n) is 2.22. The van der Waals surface area contributed by atoms with Crippen LogP contribution in [0.25, 0.3) is 0 Å². The van der Waals surface area contributed by atoms with Gasteiger partial charge in [0.15, 0.2) is 4.60 Å². The zero-order chi connectivity index (χ0) is 10.8. The molecule has 0 saturated carbocycles. The van der Waals surface area contributed by atoms with E-state index in [1.54, 1.807) is 10.9 Å². The average molecular weight is 271 g/mol. The lowest BCUT2D eigenvalue weighted by Gasteiger charge is -2.13. The second-order valence-electron chi connectivity index (χ2n) is 3.13. The highest BCUT2D eigenvalue weighted by Crippen LogP contribution is 2.26. The zero-order valence-corrected chi connectivity index (χ0v) is 10.0. The first-order valence-electron chi connectivity index (χ1n) is 4.49. The monoisotopic (exact) mass is 270 g/mol. The summed E-state index contributed by atoms with van der Waals surface area (Å²) in [6.45, 7) is 0. The smallest absolute Gasteiger partial charge is 0.153 e. The first-order chi connectivity index (χ1) is 7.24. The van der Waals surface area contributed by atoms with Crippen LogP contribution in [0.3, 0.4) is 0 Å². The van der Waals surface area contributed by atoms with Crippen molar-refractivity contribution in [3.05, 3.63) is 34.5 Å². The number of halogens is 1. The van der Waals surface area contributed by atoms with Gasteiger partial charge in [0.2, 0.25) is 0 Å². The summed E-state index contributed by atoms with van der Waals surface area (Å²) < 4.78 is 7.81. The molecule has 5 nitrogen and oxygen atoms in total. The van der Waals surface area contributed by atoms with E-state index in [4.69, 9.17) is 4.42 Å². The highest BCUT2D eigenvalue weighted by atomic mass is 79.9. The van der Waals surface area contributed by atoms with Crippen LogP contribution in [0, 0.1) is 0 Å². The Morgan fingerprint density at radius 1 is 1.60 bits per heavy atom. The molecule has 1 unspecified atom stereocenters. The van der Waals surface area contributed by atoms with Gasteiger partial charge in [-0.15, -0.1) is 5.10 Å². The van der Waals surface area contributed by atoms with Crippen LogP contribution < -0.4 is 5.32 Å². The maximum absolute atomic E-state index is 5.37. The summed E-state index contributed by atoms with van der Waals surface area (Å²) in [5, 5.41) is 11.0. The Kier molecular flexibility index (Phi) is 2.88. The van der Waals surface area contributed by atoms with Gasteiger partial charge in [0, 0.05) is 7.05 Å². The number of rotatable bonds is 3. The number of nitrogens with zero attached hydrogens (tertiary/aromatic N) is 3. The quantitative estimate of drug-likeness (QED) is 0.918. The second kappa shape index (κ2) is 4.16. The molecule has 0 aliphatic heterocycles. The lowest BCUT2D eigenvalue weighted by molar-refractivity contribution is 0.448. The van der Waals surface area contributed by atoms with Crippen LogP contribution in [-0.4, -0.2) is 22.0 Å². The standard InChI is InChI=1S/C9H11BrN4O/c1-11-7(6-4-3-5-15-6)8-9(10)12-13-14(8)2/h3-5,7,11H,1-2H3. The third kappa shape index (κ3) is 1.82. The summed E-state index contributed by atoms with van der Waals surface area (Å²) >= 11 is 3.37.